The van der Waals surface area contributed by atoms with Gasteiger partial charge in [0.15, 0.2) is 0 Å². The third-order valence-corrected chi connectivity index (χ3v) is 9.80. The van der Waals surface area contributed by atoms with Crippen molar-refractivity contribution in [3.63, 3.8) is 0 Å². The Kier molecular flexibility index (Phi) is 18.5. The molecule has 25 heavy (non-hydrogen) atoms. The first-order valence-corrected chi connectivity index (χ1v) is 13.3. The maximum Gasteiger partial charge on any atom is 0.303 e. The monoisotopic (exact) mass is 501 g/mol. The average Bonchev–Trinajstić information content (AvgIpc) is 3.22. The van der Waals surface area contributed by atoms with Crippen LogP contribution in [0.5, 0.6) is 0 Å². The van der Waals surface area contributed by atoms with Crippen LogP contribution in [-0.4, -0.2) is 44.2 Å². The van der Waals surface area contributed by atoms with Gasteiger partial charge in [0.25, 0.3) is 0 Å². The summed E-state index contributed by atoms with van der Waals surface area (Å²) < 4.78 is 0. The van der Waals surface area contributed by atoms with Crippen LogP contribution in [0, 0.1) is 0 Å². The molecule has 0 aliphatic carbocycles. The Morgan fingerprint density at radius 3 is 1.44 bits per heavy atom. The second-order valence-electron chi connectivity index (χ2n) is 5.94. The van der Waals surface area contributed by atoms with Gasteiger partial charge in [-0.05, 0) is 38.5 Å². The van der Waals surface area contributed by atoms with Crippen molar-refractivity contribution in [3.8, 4) is 0 Å². The van der Waals surface area contributed by atoms with Crippen LogP contribution in [0.2, 0.25) is 0 Å². The van der Waals surface area contributed by atoms with E-state index < -0.39 is 11.9 Å². The van der Waals surface area contributed by atoms with Gasteiger partial charge in [0.1, 0.15) is 0 Å². The van der Waals surface area contributed by atoms with Crippen molar-refractivity contribution < 1.29 is 52.5 Å². The minimum atomic E-state index is -0.663. The zero-order valence-electron chi connectivity index (χ0n) is 14.6. The van der Waals surface area contributed by atoms with E-state index in [1.807, 2.05) is 43.2 Å². The van der Waals surface area contributed by atoms with Gasteiger partial charge in [-0.1, -0.05) is 56.0 Å². The molecule has 2 N–H and O–H groups in total. The summed E-state index contributed by atoms with van der Waals surface area (Å²) in [6.45, 7) is 0. The minimum Gasteiger partial charge on any atom is -0.481 e. The van der Waals surface area contributed by atoms with Gasteiger partial charge in [0, 0.05) is 67.6 Å². The molecule has 2 heterocycles. The van der Waals surface area contributed by atoms with Gasteiger partial charge >= 0.3 is 11.9 Å². The molecule has 2 rings (SSSR count). The van der Waals surface area contributed by atoms with E-state index in [1.165, 1.54) is 37.2 Å². The van der Waals surface area contributed by atoms with Crippen LogP contribution >= 0.6 is 43.2 Å². The fourth-order valence-electron chi connectivity index (χ4n) is 2.43. The topological polar surface area (TPSA) is 74.6 Å². The largest absolute Gasteiger partial charge is 0.481 e. The first-order chi connectivity index (χ1) is 11.6. The number of rotatable bonds is 10. The minimum absolute atomic E-state index is 0. The van der Waals surface area contributed by atoms with Gasteiger partial charge in [0.05, 0.1) is 0 Å². The Bertz CT molecular complexity index is 328. The summed E-state index contributed by atoms with van der Waals surface area (Å²) in [6, 6.07) is 0. The van der Waals surface area contributed by atoms with Crippen molar-refractivity contribution in [3.05, 3.63) is 0 Å². The van der Waals surface area contributed by atoms with E-state index in [-0.39, 0.29) is 32.7 Å². The standard InChI is InChI=1S/2C8H14O2S2.Y/c2*9-8(10)4-2-1-3-7-5-6-11-12-7;/h2*7H,1-6H2,(H,9,10);. The number of carboxylic acid groups (broad SMARTS) is 2. The Labute approximate surface area is 192 Å². The van der Waals surface area contributed by atoms with Crippen LogP contribution in [0.1, 0.15) is 64.2 Å². The molecule has 0 aromatic rings. The van der Waals surface area contributed by atoms with Crippen LogP contribution in [0.15, 0.2) is 0 Å². The second kappa shape index (κ2) is 17.5. The fourth-order valence-corrected chi connectivity index (χ4v) is 8.48. The predicted octanol–water partition coefficient (Wildman–Crippen LogP) is 5.57. The number of aliphatic carboxylic acids is 2. The third kappa shape index (κ3) is 16.1. The maximum absolute atomic E-state index is 10.2. The smallest absolute Gasteiger partial charge is 0.303 e. The molecule has 143 valence electrons. The molecule has 0 bridgehead atoms. The van der Waals surface area contributed by atoms with E-state index in [2.05, 4.69) is 0 Å². The molecular weight excluding hydrogens is 473 g/mol. The molecule has 2 atom stereocenters. The molecule has 2 aliphatic heterocycles. The van der Waals surface area contributed by atoms with Gasteiger partial charge in [-0.2, -0.15) is 0 Å². The van der Waals surface area contributed by atoms with E-state index in [9.17, 15) is 9.59 Å². The third-order valence-electron chi connectivity index (χ3n) is 3.79. The van der Waals surface area contributed by atoms with E-state index in [4.69, 9.17) is 10.2 Å². The molecule has 2 saturated heterocycles. The molecule has 0 aromatic carbocycles. The van der Waals surface area contributed by atoms with Gasteiger partial charge in [-0.25, -0.2) is 0 Å². The van der Waals surface area contributed by atoms with Crippen molar-refractivity contribution in [2.24, 2.45) is 0 Å². The predicted molar refractivity (Wildman–Crippen MR) is 109 cm³/mol. The molecule has 2 unspecified atom stereocenters. The Morgan fingerprint density at radius 1 is 0.760 bits per heavy atom. The summed E-state index contributed by atoms with van der Waals surface area (Å²) >= 11 is 0. The number of carboxylic acids is 2. The van der Waals surface area contributed by atoms with Crippen molar-refractivity contribution >= 4 is 55.1 Å². The first kappa shape index (κ1) is 26.4. The van der Waals surface area contributed by atoms with E-state index in [0.717, 1.165) is 36.2 Å². The number of hydrogen-bond acceptors (Lipinski definition) is 6. The SMILES string of the molecule is O=C(O)CCCCC1CCSS1.O=C(O)CCCCC1CCSS1.[Y]. The van der Waals surface area contributed by atoms with Gasteiger partial charge in [-0.15, -0.1) is 0 Å². The normalized spacial score (nSPS) is 21.9. The zero-order valence-corrected chi connectivity index (χ0v) is 20.7. The Hall–Kier alpha value is 1.44. The molecule has 2 aliphatic rings. The summed E-state index contributed by atoms with van der Waals surface area (Å²) in [4.78, 5) is 20.4. The summed E-state index contributed by atoms with van der Waals surface area (Å²) in [7, 11) is 7.83. The van der Waals surface area contributed by atoms with Crippen LogP contribution in [0.4, 0.5) is 0 Å². The molecule has 0 saturated carbocycles. The van der Waals surface area contributed by atoms with Crippen LogP contribution in [0.3, 0.4) is 0 Å². The summed E-state index contributed by atoms with van der Waals surface area (Å²) in [5.74, 6) is 1.22. The second-order valence-corrected chi connectivity index (χ2v) is 11.5. The molecule has 2 fully saturated rings. The molecule has 0 spiro atoms. The summed E-state index contributed by atoms with van der Waals surface area (Å²) in [6.07, 6.45) is 9.53. The summed E-state index contributed by atoms with van der Waals surface area (Å²) in [5, 5.41) is 18.4. The number of hydrogen-bond donors (Lipinski definition) is 2. The number of carbonyl (C=O) groups is 2. The molecule has 9 heteroatoms. The Morgan fingerprint density at radius 2 is 1.16 bits per heavy atom. The van der Waals surface area contributed by atoms with Gasteiger partial charge in [-0.3, -0.25) is 9.59 Å². The molecular formula is C16H28O4S4Y. The summed E-state index contributed by atoms with van der Waals surface area (Å²) in [5.41, 5.74) is 0. The van der Waals surface area contributed by atoms with Crippen LogP contribution in [0.25, 0.3) is 0 Å². The Balaban J connectivity index is 0.000000443. The van der Waals surface area contributed by atoms with Gasteiger partial charge < -0.3 is 10.2 Å². The average molecular weight is 502 g/mol. The van der Waals surface area contributed by atoms with Crippen molar-refractivity contribution in [2.45, 2.75) is 74.7 Å². The fraction of sp³-hybridized carbons (Fsp3) is 0.875. The number of unbranched alkanes of at least 4 members (excludes halogenated alkanes) is 2. The van der Waals surface area contributed by atoms with E-state index in [0.29, 0.717) is 12.8 Å². The van der Waals surface area contributed by atoms with Crippen molar-refractivity contribution in [2.75, 3.05) is 11.5 Å². The molecule has 4 nitrogen and oxygen atoms in total. The molecule has 1 radical (unpaired) electrons. The van der Waals surface area contributed by atoms with E-state index in [1.54, 1.807) is 0 Å². The molecule has 0 amide bonds. The molecule has 0 aromatic heterocycles. The van der Waals surface area contributed by atoms with Crippen molar-refractivity contribution in [1.82, 2.24) is 0 Å². The van der Waals surface area contributed by atoms with Crippen LogP contribution < -0.4 is 0 Å². The van der Waals surface area contributed by atoms with Gasteiger partial charge in [0.2, 0.25) is 0 Å². The van der Waals surface area contributed by atoms with Crippen LogP contribution in [-0.2, 0) is 42.3 Å². The maximum atomic E-state index is 10.2. The van der Waals surface area contributed by atoms with E-state index >= 15 is 0 Å². The zero-order chi connectivity index (χ0) is 17.6. The first-order valence-electron chi connectivity index (χ1n) is 8.58. The van der Waals surface area contributed by atoms with Crippen molar-refractivity contribution in [1.29, 1.82) is 0 Å². The quantitative estimate of drug-likeness (QED) is 0.297.